The van der Waals surface area contributed by atoms with Crippen molar-refractivity contribution < 1.29 is 27.5 Å². The van der Waals surface area contributed by atoms with Gasteiger partial charge in [0.15, 0.2) is 0 Å². The third kappa shape index (κ3) is 2.70. The smallest absolute Gasteiger partial charge is 0.306 e. The molecule has 1 aliphatic heterocycles. The van der Waals surface area contributed by atoms with E-state index < -0.39 is 27.7 Å². The number of furan rings is 1. The van der Waals surface area contributed by atoms with Crippen LogP contribution in [0.5, 0.6) is 0 Å². The largest absolute Gasteiger partial charge is 0.481 e. The minimum absolute atomic E-state index is 0.0388. The molecule has 1 aromatic rings. The van der Waals surface area contributed by atoms with Crippen molar-refractivity contribution in [3.05, 3.63) is 18.4 Å². The standard InChI is InChI=1S/C13H17NO6S/c15-11(16)7-10-8-14(9-13(20-10)4-2-5-13)21(17,18)12-3-1-6-19-12/h1,3,6,10H,2,4-5,7-9H2,(H,15,16). The molecule has 21 heavy (non-hydrogen) atoms. The van der Waals surface area contributed by atoms with E-state index in [-0.39, 0.29) is 24.6 Å². The Morgan fingerprint density at radius 2 is 2.24 bits per heavy atom. The third-order valence-electron chi connectivity index (χ3n) is 4.04. The minimum Gasteiger partial charge on any atom is -0.481 e. The van der Waals surface area contributed by atoms with Crippen LogP contribution in [0.15, 0.2) is 27.9 Å². The molecule has 116 valence electrons. The molecule has 1 aliphatic carbocycles. The SMILES string of the molecule is O=C(O)CC1CN(S(=O)(=O)c2ccco2)CC2(CCC2)O1. The summed E-state index contributed by atoms with van der Waals surface area (Å²) in [6.45, 7) is 0.295. The lowest BCUT2D eigenvalue weighted by Crippen LogP contribution is -2.60. The van der Waals surface area contributed by atoms with Crippen LogP contribution in [0.1, 0.15) is 25.7 Å². The van der Waals surface area contributed by atoms with Gasteiger partial charge in [-0.3, -0.25) is 4.79 Å². The zero-order valence-electron chi connectivity index (χ0n) is 11.4. The van der Waals surface area contributed by atoms with Crippen molar-refractivity contribution in [3.8, 4) is 0 Å². The van der Waals surface area contributed by atoms with E-state index in [0.29, 0.717) is 0 Å². The van der Waals surface area contributed by atoms with Gasteiger partial charge in [-0.15, -0.1) is 0 Å². The second kappa shape index (κ2) is 5.11. The summed E-state index contributed by atoms with van der Waals surface area (Å²) in [5.74, 6) is -0.994. The van der Waals surface area contributed by atoms with E-state index in [1.54, 1.807) is 0 Å². The number of carbonyl (C=O) groups is 1. The van der Waals surface area contributed by atoms with Gasteiger partial charge in [0.2, 0.25) is 5.09 Å². The first-order valence-corrected chi connectivity index (χ1v) is 8.29. The lowest BCUT2D eigenvalue weighted by atomic mass is 9.79. The van der Waals surface area contributed by atoms with E-state index in [4.69, 9.17) is 14.3 Å². The predicted octanol–water partition coefficient (Wildman–Crippen LogP) is 1.07. The molecule has 2 heterocycles. The molecule has 1 spiro atoms. The van der Waals surface area contributed by atoms with Gasteiger partial charge in [0, 0.05) is 13.1 Å². The molecule has 1 N–H and O–H groups in total. The van der Waals surface area contributed by atoms with Gasteiger partial charge >= 0.3 is 5.97 Å². The van der Waals surface area contributed by atoms with Gasteiger partial charge in [-0.1, -0.05) is 0 Å². The van der Waals surface area contributed by atoms with Gasteiger partial charge in [0.05, 0.1) is 24.4 Å². The monoisotopic (exact) mass is 315 g/mol. The number of ether oxygens (including phenoxy) is 1. The van der Waals surface area contributed by atoms with Gasteiger partial charge in [-0.25, -0.2) is 8.42 Å². The molecular weight excluding hydrogens is 298 g/mol. The van der Waals surface area contributed by atoms with Gasteiger partial charge in [-0.05, 0) is 31.4 Å². The Bertz CT molecular complexity index is 619. The van der Waals surface area contributed by atoms with Crippen LogP contribution in [0.25, 0.3) is 0 Å². The van der Waals surface area contributed by atoms with Gasteiger partial charge < -0.3 is 14.3 Å². The van der Waals surface area contributed by atoms with Crippen molar-refractivity contribution >= 4 is 16.0 Å². The molecule has 0 radical (unpaired) electrons. The molecule has 1 saturated heterocycles. The highest BCUT2D eigenvalue weighted by molar-refractivity contribution is 7.89. The Balaban J connectivity index is 1.85. The molecule has 1 atom stereocenters. The van der Waals surface area contributed by atoms with E-state index in [0.717, 1.165) is 19.3 Å². The van der Waals surface area contributed by atoms with Gasteiger partial charge in [-0.2, -0.15) is 4.31 Å². The number of nitrogens with zero attached hydrogens (tertiary/aromatic N) is 1. The highest BCUT2D eigenvalue weighted by Gasteiger charge is 2.49. The number of carboxylic acids is 1. The molecule has 1 unspecified atom stereocenters. The first-order chi connectivity index (χ1) is 9.91. The number of rotatable bonds is 4. The van der Waals surface area contributed by atoms with Crippen LogP contribution in [-0.4, -0.2) is 48.6 Å². The van der Waals surface area contributed by atoms with E-state index in [2.05, 4.69) is 0 Å². The van der Waals surface area contributed by atoms with Crippen molar-refractivity contribution in [3.63, 3.8) is 0 Å². The molecule has 0 amide bonds. The lowest BCUT2D eigenvalue weighted by molar-refractivity contribution is -0.183. The minimum atomic E-state index is -3.74. The number of morpholine rings is 1. The Kier molecular flexibility index (Phi) is 3.54. The first-order valence-electron chi connectivity index (χ1n) is 6.85. The molecular formula is C13H17NO6S. The Hall–Kier alpha value is -1.38. The summed E-state index contributed by atoms with van der Waals surface area (Å²) in [6, 6.07) is 2.91. The molecule has 2 fully saturated rings. The first kappa shape index (κ1) is 14.6. The lowest BCUT2D eigenvalue weighted by Gasteiger charge is -2.50. The Morgan fingerprint density at radius 1 is 1.48 bits per heavy atom. The number of hydrogen-bond acceptors (Lipinski definition) is 5. The Labute approximate surface area is 122 Å². The summed E-state index contributed by atoms with van der Waals surface area (Å²) in [5.41, 5.74) is -0.530. The maximum absolute atomic E-state index is 12.5. The number of sulfonamides is 1. The molecule has 0 bridgehead atoms. The Morgan fingerprint density at radius 3 is 2.76 bits per heavy atom. The highest BCUT2D eigenvalue weighted by atomic mass is 32.2. The second-order valence-electron chi connectivity index (χ2n) is 5.60. The molecule has 1 aromatic heterocycles. The maximum Gasteiger partial charge on any atom is 0.306 e. The summed E-state index contributed by atoms with van der Waals surface area (Å²) < 4.78 is 37.2. The zero-order valence-corrected chi connectivity index (χ0v) is 12.2. The fourth-order valence-electron chi connectivity index (χ4n) is 2.91. The molecule has 1 saturated carbocycles. The van der Waals surface area contributed by atoms with Crippen LogP contribution >= 0.6 is 0 Å². The second-order valence-corrected chi connectivity index (χ2v) is 7.47. The van der Waals surface area contributed by atoms with Crippen LogP contribution in [0.3, 0.4) is 0 Å². The van der Waals surface area contributed by atoms with Crippen LogP contribution in [0.2, 0.25) is 0 Å². The molecule has 2 aliphatic rings. The quantitative estimate of drug-likeness (QED) is 0.892. The van der Waals surface area contributed by atoms with Gasteiger partial charge in [0.1, 0.15) is 0 Å². The third-order valence-corrected chi connectivity index (χ3v) is 5.74. The summed E-state index contributed by atoms with van der Waals surface area (Å²) >= 11 is 0. The van der Waals surface area contributed by atoms with E-state index in [1.165, 1.54) is 22.7 Å². The molecule has 8 heteroatoms. The van der Waals surface area contributed by atoms with Crippen LogP contribution in [0, 0.1) is 0 Å². The highest BCUT2D eigenvalue weighted by Crippen LogP contribution is 2.41. The van der Waals surface area contributed by atoms with Crippen molar-refractivity contribution in [2.45, 2.75) is 42.5 Å². The molecule has 0 aromatic carbocycles. The molecule has 3 rings (SSSR count). The number of aliphatic carboxylic acids is 1. The fraction of sp³-hybridized carbons (Fsp3) is 0.615. The molecule has 7 nitrogen and oxygen atoms in total. The van der Waals surface area contributed by atoms with Crippen molar-refractivity contribution in [1.29, 1.82) is 0 Å². The number of hydrogen-bond donors (Lipinski definition) is 1. The number of carboxylic acid groups (broad SMARTS) is 1. The predicted molar refractivity (Wildman–Crippen MR) is 71.2 cm³/mol. The summed E-state index contributed by atoms with van der Waals surface area (Å²) in [4.78, 5) is 10.9. The summed E-state index contributed by atoms with van der Waals surface area (Å²) in [6.07, 6.45) is 2.96. The average Bonchev–Trinajstić information content (AvgIpc) is 2.90. The summed E-state index contributed by atoms with van der Waals surface area (Å²) in [5, 5.41) is 8.82. The zero-order chi connectivity index (χ0) is 15.1. The van der Waals surface area contributed by atoms with Crippen molar-refractivity contribution in [1.82, 2.24) is 4.31 Å². The summed E-state index contributed by atoms with van der Waals surface area (Å²) in [7, 11) is -3.74. The van der Waals surface area contributed by atoms with E-state index in [9.17, 15) is 13.2 Å². The van der Waals surface area contributed by atoms with Crippen molar-refractivity contribution in [2.75, 3.05) is 13.1 Å². The topological polar surface area (TPSA) is 97.1 Å². The van der Waals surface area contributed by atoms with E-state index in [1.807, 2.05) is 0 Å². The van der Waals surface area contributed by atoms with Crippen LogP contribution in [0.4, 0.5) is 0 Å². The van der Waals surface area contributed by atoms with Crippen LogP contribution < -0.4 is 0 Å². The average molecular weight is 315 g/mol. The fourth-order valence-corrected chi connectivity index (χ4v) is 4.36. The van der Waals surface area contributed by atoms with Crippen LogP contribution in [-0.2, 0) is 19.6 Å². The normalized spacial score (nSPS) is 25.6. The van der Waals surface area contributed by atoms with Gasteiger partial charge in [0.25, 0.3) is 10.0 Å². The van der Waals surface area contributed by atoms with E-state index >= 15 is 0 Å². The maximum atomic E-state index is 12.5. The van der Waals surface area contributed by atoms with Crippen molar-refractivity contribution in [2.24, 2.45) is 0 Å².